The zero-order valence-electron chi connectivity index (χ0n) is 11.3. The first-order valence-electron chi connectivity index (χ1n) is 6.92. The highest BCUT2D eigenvalue weighted by atomic mass is 16.6. The van der Waals surface area contributed by atoms with E-state index in [0.29, 0.717) is 12.2 Å². The van der Waals surface area contributed by atoms with Gasteiger partial charge in [-0.3, -0.25) is 0 Å². The third-order valence-electron chi connectivity index (χ3n) is 5.07. The number of ether oxygens (including phenoxy) is 2. The summed E-state index contributed by atoms with van der Waals surface area (Å²) in [5.74, 6) is 1.11. The summed E-state index contributed by atoms with van der Waals surface area (Å²) in [6.45, 7) is 6.56. The van der Waals surface area contributed by atoms with Crippen molar-refractivity contribution < 1.29 is 13.9 Å². The molecule has 0 bridgehead atoms. The van der Waals surface area contributed by atoms with Crippen molar-refractivity contribution in [2.75, 3.05) is 0 Å². The molecule has 3 heterocycles. The molecular formula is C15H20O3. The van der Waals surface area contributed by atoms with Crippen LogP contribution in [-0.2, 0) is 22.3 Å². The van der Waals surface area contributed by atoms with Crippen molar-refractivity contribution in [2.45, 2.75) is 69.9 Å². The molecule has 18 heavy (non-hydrogen) atoms. The molecule has 3 aliphatic rings. The van der Waals surface area contributed by atoms with Gasteiger partial charge in [0, 0.05) is 12.8 Å². The number of rotatable bonds is 0. The lowest BCUT2D eigenvalue weighted by molar-refractivity contribution is 0.268. The lowest BCUT2D eigenvalue weighted by atomic mass is 9.88. The smallest absolute Gasteiger partial charge is 0.110 e. The first-order valence-corrected chi connectivity index (χ1v) is 6.92. The minimum Gasteiger partial charge on any atom is -0.469 e. The normalized spacial score (nSPS) is 45.7. The number of hydrogen-bond donors (Lipinski definition) is 0. The zero-order chi connectivity index (χ0) is 12.5. The molecule has 98 valence electrons. The highest BCUT2D eigenvalue weighted by Gasteiger charge is 2.58. The Labute approximate surface area is 107 Å². The Bertz CT molecular complexity index is 506. The van der Waals surface area contributed by atoms with Crippen LogP contribution < -0.4 is 0 Å². The van der Waals surface area contributed by atoms with Crippen LogP contribution in [-0.4, -0.2) is 23.4 Å². The van der Waals surface area contributed by atoms with Crippen molar-refractivity contribution in [3.05, 3.63) is 23.2 Å². The lowest BCUT2D eigenvalue weighted by Crippen LogP contribution is -2.20. The van der Waals surface area contributed by atoms with Gasteiger partial charge < -0.3 is 13.9 Å². The summed E-state index contributed by atoms with van der Waals surface area (Å²) in [4.78, 5) is 0. The summed E-state index contributed by atoms with van der Waals surface area (Å²) in [6, 6.07) is 0. The molecule has 0 amide bonds. The van der Waals surface area contributed by atoms with E-state index in [9.17, 15) is 0 Å². The maximum absolute atomic E-state index is 5.92. The molecule has 1 aromatic rings. The van der Waals surface area contributed by atoms with Crippen LogP contribution in [0, 0.1) is 6.92 Å². The molecule has 1 aromatic heterocycles. The summed E-state index contributed by atoms with van der Waals surface area (Å²) in [7, 11) is 0. The van der Waals surface area contributed by atoms with E-state index in [1.54, 1.807) is 0 Å². The highest BCUT2D eigenvalue weighted by Crippen LogP contribution is 2.50. The Balaban J connectivity index is 1.71. The van der Waals surface area contributed by atoms with Crippen molar-refractivity contribution in [3.63, 3.8) is 0 Å². The summed E-state index contributed by atoms with van der Waals surface area (Å²) < 4.78 is 17.6. The number of furan rings is 1. The number of fused-ring (bicyclic) bond motifs is 3. The van der Waals surface area contributed by atoms with Gasteiger partial charge in [-0.05, 0) is 44.7 Å². The predicted molar refractivity (Wildman–Crippen MR) is 66.6 cm³/mol. The second-order valence-corrected chi connectivity index (χ2v) is 6.58. The van der Waals surface area contributed by atoms with E-state index in [4.69, 9.17) is 13.9 Å². The quantitative estimate of drug-likeness (QED) is 0.663. The van der Waals surface area contributed by atoms with E-state index in [0.717, 1.165) is 31.4 Å². The van der Waals surface area contributed by atoms with E-state index in [2.05, 4.69) is 20.8 Å². The first kappa shape index (κ1) is 11.1. The van der Waals surface area contributed by atoms with Gasteiger partial charge in [-0.25, -0.2) is 0 Å². The number of aryl methyl sites for hydroxylation is 1. The van der Waals surface area contributed by atoms with Crippen molar-refractivity contribution in [3.8, 4) is 0 Å². The van der Waals surface area contributed by atoms with Gasteiger partial charge in [-0.15, -0.1) is 0 Å². The lowest BCUT2D eigenvalue weighted by Gasteiger charge is -2.11. The molecule has 3 heteroatoms. The molecule has 3 nitrogen and oxygen atoms in total. The Morgan fingerprint density at radius 1 is 1.17 bits per heavy atom. The van der Waals surface area contributed by atoms with E-state index in [1.165, 1.54) is 11.1 Å². The summed E-state index contributed by atoms with van der Waals surface area (Å²) in [5, 5.41) is 0. The van der Waals surface area contributed by atoms with Crippen LogP contribution in [0.2, 0.25) is 0 Å². The molecule has 2 aliphatic heterocycles. The molecule has 0 radical (unpaired) electrons. The van der Waals surface area contributed by atoms with E-state index < -0.39 is 0 Å². The molecule has 2 saturated heterocycles. The fourth-order valence-corrected chi connectivity index (χ4v) is 3.45. The zero-order valence-corrected chi connectivity index (χ0v) is 11.3. The monoisotopic (exact) mass is 248 g/mol. The van der Waals surface area contributed by atoms with E-state index in [1.807, 2.05) is 6.26 Å². The van der Waals surface area contributed by atoms with E-state index >= 15 is 0 Å². The number of epoxide rings is 2. The second kappa shape index (κ2) is 3.20. The van der Waals surface area contributed by atoms with Gasteiger partial charge in [0.15, 0.2) is 0 Å². The second-order valence-electron chi connectivity index (χ2n) is 6.58. The Hall–Kier alpha value is -0.800. The minimum atomic E-state index is -0.00285. The van der Waals surface area contributed by atoms with Gasteiger partial charge >= 0.3 is 0 Å². The van der Waals surface area contributed by atoms with Crippen molar-refractivity contribution in [2.24, 2.45) is 0 Å². The summed E-state index contributed by atoms with van der Waals surface area (Å²) in [5.41, 5.74) is 2.67. The maximum Gasteiger partial charge on any atom is 0.110 e. The molecule has 0 unspecified atom stereocenters. The van der Waals surface area contributed by atoms with Gasteiger partial charge in [0.05, 0.1) is 29.7 Å². The molecule has 0 saturated carbocycles. The van der Waals surface area contributed by atoms with Gasteiger partial charge in [0.25, 0.3) is 0 Å². The van der Waals surface area contributed by atoms with Crippen LogP contribution in [0.3, 0.4) is 0 Å². The van der Waals surface area contributed by atoms with Gasteiger partial charge in [-0.1, -0.05) is 0 Å². The Morgan fingerprint density at radius 3 is 2.78 bits per heavy atom. The highest BCUT2D eigenvalue weighted by molar-refractivity contribution is 5.32. The molecule has 0 N–H and O–H groups in total. The molecule has 1 aliphatic carbocycles. The van der Waals surface area contributed by atoms with Crippen molar-refractivity contribution in [1.82, 2.24) is 0 Å². The average Bonchev–Trinajstić information content (AvgIpc) is 3.11. The standard InChI is InChI=1S/C15H20O3/c1-9-8-16-11-7-15(3)12(17-15)4-5-14(2)13(18-14)6-10(9)11/h8,12-13H,4-7H2,1-3H3/t12-,13+,14-,15-/m1/s1. The Morgan fingerprint density at radius 2 is 1.94 bits per heavy atom. The molecular weight excluding hydrogens is 228 g/mol. The Kier molecular flexibility index (Phi) is 1.97. The van der Waals surface area contributed by atoms with E-state index in [-0.39, 0.29) is 11.2 Å². The molecule has 4 atom stereocenters. The molecule has 0 aromatic carbocycles. The predicted octanol–water partition coefficient (Wildman–Crippen LogP) is 2.78. The van der Waals surface area contributed by atoms with Crippen LogP contribution in [0.4, 0.5) is 0 Å². The topological polar surface area (TPSA) is 38.2 Å². The third kappa shape index (κ3) is 1.50. The summed E-state index contributed by atoms with van der Waals surface area (Å²) >= 11 is 0. The van der Waals surface area contributed by atoms with Gasteiger partial charge in [0.2, 0.25) is 0 Å². The fraction of sp³-hybridized carbons (Fsp3) is 0.733. The van der Waals surface area contributed by atoms with Crippen molar-refractivity contribution >= 4 is 0 Å². The largest absolute Gasteiger partial charge is 0.469 e. The SMILES string of the molecule is Cc1coc2c1C[C@@H]1O[C@]1(C)CC[C@H]1O[C@]1(C)C2. The fourth-order valence-electron chi connectivity index (χ4n) is 3.45. The van der Waals surface area contributed by atoms with Crippen LogP contribution >= 0.6 is 0 Å². The van der Waals surface area contributed by atoms with Gasteiger partial charge in [0.1, 0.15) is 5.76 Å². The van der Waals surface area contributed by atoms with Crippen LogP contribution in [0.25, 0.3) is 0 Å². The minimum absolute atomic E-state index is 0.00285. The molecule has 0 spiro atoms. The molecule has 2 fully saturated rings. The molecule has 4 rings (SSSR count). The maximum atomic E-state index is 5.92. The first-order chi connectivity index (χ1) is 8.50. The third-order valence-corrected chi connectivity index (χ3v) is 5.07. The van der Waals surface area contributed by atoms with Crippen LogP contribution in [0.5, 0.6) is 0 Å². The summed E-state index contributed by atoms with van der Waals surface area (Å²) in [6.07, 6.45) is 6.76. The van der Waals surface area contributed by atoms with Crippen LogP contribution in [0.1, 0.15) is 43.6 Å². The number of hydrogen-bond acceptors (Lipinski definition) is 3. The van der Waals surface area contributed by atoms with Gasteiger partial charge in [-0.2, -0.15) is 0 Å². The van der Waals surface area contributed by atoms with Crippen LogP contribution in [0.15, 0.2) is 10.7 Å². The van der Waals surface area contributed by atoms with Crippen molar-refractivity contribution in [1.29, 1.82) is 0 Å². The average molecular weight is 248 g/mol.